The molecular formula is C29H32N6O2. The summed E-state index contributed by atoms with van der Waals surface area (Å²) >= 11 is 0. The number of aromatic amines is 1. The second-order valence-corrected chi connectivity index (χ2v) is 10.0. The number of fused-ring (bicyclic) bond motifs is 1. The molecule has 37 heavy (non-hydrogen) atoms. The maximum atomic E-state index is 13.3. The Bertz CT molecular complexity index is 1540. The summed E-state index contributed by atoms with van der Waals surface area (Å²) in [5.74, 6) is 1.70. The number of aromatic nitrogens is 5. The number of furan rings is 1. The molecule has 0 aliphatic rings. The number of tetrazole rings is 1. The minimum absolute atomic E-state index is 0.0757. The van der Waals surface area contributed by atoms with Crippen LogP contribution in [-0.2, 0) is 19.6 Å². The SMILES string of the molecule is Cc1cc(C)c2cc(CN(Cc3ccccc3)[C@H](c3nnnn3Cc3ccco3)C(C)C)c(=O)[nH]c2c1. The minimum Gasteiger partial charge on any atom is -0.467 e. The monoisotopic (exact) mass is 496 g/mol. The third-order valence-corrected chi connectivity index (χ3v) is 6.73. The van der Waals surface area contributed by atoms with Gasteiger partial charge in [-0.15, -0.1) is 5.10 Å². The highest BCUT2D eigenvalue weighted by Gasteiger charge is 2.30. The van der Waals surface area contributed by atoms with Gasteiger partial charge >= 0.3 is 0 Å². The summed E-state index contributed by atoms with van der Waals surface area (Å²) in [6, 6.07) is 20.1. The molecule has 8 nitrogen and oxygen atoms in total. The Labute approximate surface area is 215 Å². The van der Waals surface area contributed by atoms with Gasteiger partial charge in [0.25, 0.3) is 5.56 Å². The van der Waals surface area contributed by atoms with E-state index in [2.05, 4.69) is 64.4 Å². The molecule has 1 N–H and O–H groups in total. The third-order valence-electron chi connectivity index (χ3n) is 6.73. The van der Waals surface area contributed by atoms with Gasteiger partial charge in [-0.3, -0.25) is 9.69 Å². The van der Waals surface area contributed by atoms with Crippen LogP contribution < -0.4 is 5.56 Å². The van der Waals surface area contributed by atoms with Gasteiger partial charge in [0.05, 0.1) is 12.3 Å². The van der Waals surface area contributed by atoms with Gasteiger partial charge in [0, 0.05) is 29.6 Å². The normalized spacial score (nSPS) is 12.6. The molecule has 0 saturated heterocycles. The summed E-state index contributed by atoms with van der Waals surface area (Å²) < 4.78 is 7.35. The van der Waals surface area contributed by atoms with Gasteiger partial charge in [-0.05, 0) is 71.1 Å². The molecule has 5 aromatic rings. The number of rotatable bonds is 9. The number of nitrogens with zero attached hydrogens (tertiary/aromatic N) is 5. The number of H-pyrrole nitrogens is 1. The lowest BCUT2D eigenvalue weighted by Crippen LogP contribution is -2.35. The molecule has 190 valence electrons. The molecule has 0 unspecified atom stereocenters. The van der Waals surface area contributed by atoms with E-state index in [9.17, 15) is 4.79 Å². The Morgan fingerprint density at radius 2 is 1.84 bits per heavy atom. The molecule has 3 heterocycles. The Balaban J connectivity index is 1.57. The molecule has 3 aromatic heterocycles. The van der Waals surface area contributed by atoms with E-state index in [-0.39, 0.29) is 17.5 Å². The molecule has 5 rings (SSSR count). The van der Waals surface area contributed by atoms with Crippen molar-refractivity contribution in [1.82, 2.24) is 30.1 Å². The number of hydrogen-bond acceptors (Lipinski definition) is 6. The average Bonchev–Trinajstić information content (AvgIpc) is 3.53. The first kappa shape index (κ1) is 24.6. The number of hydrogen-bond donors (Lipinski definition) is 1. The lowest BCUT2D eigenvalue weighted by molar-refractivity contribution is 0.125. The number of benzene rings is 2. The standard InChI is InChI=1S/C29H32N6O2/c1-19(2)27(28-31-32-33-35(28)18-24-11-8-12-37-24)34(16-22-9-6-5-7-10-22)17-23-15-25-21(4)13-20(3)14-26(25)30-29(23)36/h5-15,19,27H,16-18H2,1-4H3,(H,30,36)/t27-/m0/s1. The van der Waals surface area contributed by atoms with E-state index in [1.54, 1.807) is 10.9 Å². The van der Waals surface area contributed by atoms with Crippen molar-refractivity contribution >= 4 is 10.9 Å². The molecule has 0 amide bonds. The van der Waals surface area contributed by atoms with Crippen LogP contribution in [0.3, 0.4) is 0 Å². The van der Waals surface area contributed by atoms with Crippen LogP contribution in [0.15, 0.2) is 76.1 Å². The zero-order valence-electron chi connectivity index (χ0n) is 21.7. The zero-order chi connectivity index (χ0) is 25.9. The zero-order valence-corrected chi connectivity index (χ0v) is 21.7. The van der Waals surface area contributed by atoms with E-state index in [0.29, 0.717) is 25.2 Å². The summed E-state index contributed by atoms with van der Waals surface area (Å²) in [4.78, 5) is 18.7. The summed E-state index contributed by atoms with van der Waals surface area (Å²) in [6.45, 7) is 9.97. The van der Waals surface area contributed by atoms with Gasteiger partial charge in [0.2, 0.25) is 0 Å². The van der Waals surface area contributed by atoms with E-state index < -0.39 is 0 Å². The number of aryl methyl sites for hydroxylation is 2. The predicted molar refractivity (Wildman–Crippen MR) is 143 cm³/mol. The molecule has 2 aromatic carbocycles. The summed E-state index contributed by atoms with van der Waals surface area (Å²) in [5, 5.41) is 13.8. The molecule has 0 aliphatic heterocycles. The Morgan fingerprint density at radius 1 is 1.03 bits per heavy atom. The van der Waals surface area contributed by atoms with E-state index in [4.69, 9.17) is 4.42 Å². The van der Waals surface area contributed by atoms with Crippen LogP contribution in [0, 0.1) is 19.8 Å². The maximum Gasteiger partial charge on any atom is 0.252 e. The van der Waals surface area contributed by atoms with Crippen LogP contribution in [0.1, 0.15) is 53.7 Å². The van der Waals surface area contributed by atoms with Gasteiger partial charge < -0.3 is 9.40 Å². The number of pyridine rings is 1. The largest absolute Gasteiger partial charge is 0.467 e. The molecule has 0 radical (unpaired) electrons. The van der Waals surface area contributed by atoms with Crippen molar-refractivity contribution in [3.8, 4) is 0 Å². The highest BCUT2D eigenvalue weighted by Crippen LogP contribution is 2.31. The fourth-order valence-corrected chi connectivity index (χ4v) is 5.09. The predicted octanol–water partition coefficient (Wildman–Crippen LogP) is 5.17. The second kappa shape index (κ2) is 10.5. The molecule has 0 spiro atoms. The van der Waals surface area contributed by atoms with Gasteiger partial charge in [-0.1, -0.05) is 50.2 Å². The van der Waals surface area contributed by atoms with Crippen LogP contribution in [-0.4, -0.2) is 30.1 Å². The molecule has 8 heteroatoms. The van der Waals surface area contributed by atoms with Crippen molar-refractivity contribution in [3.05, 3.63) is 111 Å². The first-order valence-electron chi connectivity index (χ1n) is 12.6. The van der Waals surface area contributed by atoms with Gasteiger partial charge in [-0.25, -0.2) is 4.68 Å². The van der Waals surface area contributed by atoms with E-state index in [1.165, 1.54) is 0 Å². The van der Waals surface area contributed by atoms with Crippen LogP contribution in [0.5, 0.6) is 0 Å². The van der Waals surface area contributed by atoms with Crippen molar-refractivity contribution in [3.63, 3.8) is 0 Å². The van der Waals surface area contributed by atoms with Crippen molar-refractivity contribution < 1.29 is 4.42 Å². The van der Waals surface area contributed by atoms with Crippen LogP contribution in [0.25, 0.3) is 10.9 Å². The van der Waals surface area contributed by atoms with Crippen molar-refractivity contribution in [2.45, 2.75) is 53.4 Å². The molecule has 0 aliphatic carbocycles. The molecule has 0 fully saturated rings. The third kappa shape index (κ3) is 5.39. The highest BCUT2D eigenvalue weighted by molar-refractivity contribution is 5.83. The smallest absolute Gasteiger partial charge is 0.252 e. The van der Waals surface area contributed by atoms with Crippen LogP contribution >= 0.6 is 0 Å². The molecule has 1 atom stereocenters. The van der Waals surface area contributed by atoms with Crippen molar-refractivity contribution in [1.29, 1.82) is 0 Å². The van der Waals surface area contributed by atoms with Gasteiger partial charge in [0.15, 0.2) is 5.82 Å². The van der Waals surface area contributed by atoms with E-state index in [1.807, 2.05) is 49.4 Å². The molecule has 0 bridgehead atoms. The molecule has 0 saturated carbocycles. The fourth-order valence-electron chi connectivity index (χ4n) is 5.09. The van der Waals surface area contributed by atoms with Crippen molar-refractivity contribution in [2.24, 2.45) is 5.92 Å². The number of nitrogens with one attached hydrogen (secondary N) is 1. The average molecular weight is 497 g/mol. The first-order valence-corrected chi connectivity index (χ1v) is 12.6. The summed E-state index contributed by atoms with van der Waals surface area (Å²) in [5.41, 5.74) is 4.93. The Morgan fingerprint density at radius 3 is 2.57 bits per heavy atom. The van der Waals surface area contributed by atoms with E-state index >= 15 is 0 Å². The minimum atomic E-state index is -0.139. The summed E-state index contributed by atoms with van der Waals surface area (Å²) in [7, 11) is 0. The second-order valence-electron chi connectivity index (χ2n) is 10.0. The lowest BCUT2D eigenvalue weighted by atomic mass is 9.99. The topological polar surface area (TPSA) is 92.8 Å². The molecular weight excluding hydrogens is 464 g/mol. The summed E-state index contributed by atoms with van der Waals surface area (Å²) in [6.07, 6.45) is 1.65. The Kier molecular flexibility index (Phi) is 7.01. The van der Waals surface area contributed by atoms with Gasteiger partial charge in [0.1, 0.15) is 12.3 Å². The van der Waals surface area contributed by atoms with Crippen LogP contribution in [0.2, 0.25) is 0 Å². The van der Waals surface area contributed by atoms with Gasteiger partial charge in [-0.2, -0.15) is 0 Å². The van der Waals surface area contributed by atoms with Crippen molar-refractivity contribution in [2.75, 3.05) is 0 Å². The van der Waals surface area contributed by atoms with E-state index in [0.717, 1.165) is 39.2 Å². The fraction of sp³-hybridized carbons (Fsp3) is 0.310. The maximum absolute atomic E-state index is 13.3. The first-order chi connectivity index (χ1) is 17.9. The highest BCUT2D eigenvalue weighted by atomic mass is 16.3. The quantitative estimate of drug-likeness (QED) is 0.303. The van der Waals surface area contributed by atoms with Crippen LogP contribution in [0.4, 0.5) is 0 Å². The Hall–Kier alpha value is -4.04. The lowest BCUT2D eigenvalue weighted by Gasteiger charge is -2.33.